The summed E-state index contributed by atoms with van der Waals surface area (Å²) >= 11 is 6.12. The highest BCUT2D eigenvalue weighted by Gasteiger charge is 2.30. The van der Waals surface area contributed by atoms with Gasteiger partial charge in [0, 0.05) is 22.7 Å². The fourth-order valence-electron chi connectivity index (χ4n) is 3.79. The average Bonchev–Trinajstić information content (AvgIpc) is 3.15. The molecular formula is C24H24ClN5O4. The lowest BCUT2D eigenvalue weighted by atomic mass is 10.00. The Labute approximate surface area is 201 Å². The molecule has 0 fully saturated rings. The van der Waals surface area contributed by atoms with Crippen molar-refractivity contribution < 1.29 is 19.1 Å². The number of halogens is 1. The number of amides is 1. The third-order valence-electron chi connectivity index (χ3n) is 5.35. The van der Waals surface area contributed by atoms with Gasteiger partial charge in [0.25, 0.3) is 0 Å². The molecule has 0 aliphatic carbocycles. The molecule has 1 atom stereocenters. The SMILES string of the molecule is CCNC(=O)CC1N=C(c2ccc(Cl)cc2)c2cc(OCC(=O)OC)ccc2-n2c(C)nnc21. The van der Waals surface area contributed by atoms with Crippen molar-refractivity contribution in [3.05, 3.63) is 70.3 Å². The molecule has 2 aromatic carbocycles. The summed E-state index contributed by atoms with van der Waals surface area (Å²) in [5.74, 6) is 1.08. The van der Waals surface area contributed by atoms with E-state index >= 15 is 0 Å². The Hall–Kier alpha value is -3.72. The number of benzene rings is 2. The molecule has 4 rings (SSSR count). The molecule has 0 saturated heterocycles. The van der Waals surface area contributed by atoms with E-state index in [1.807, 2.05) is 42.7 Å². The molecule has 1 unspecified atom stereocenters. The van der Waals surface area contributed by atoms with Crippen molar-refractivity contribution in [3.8, 4) is 11.4 Å². The maximum atomic E-state index is 12.5. The van der Waals surface area contributed by atoms with Crippen molar-refractivity contribution in [1.29, 1.82) is 0 Å². The number of aromatic nitrogens is 3. The third-order valence-corrected chi connectivity index (χ3v) is 5.60. The summed E-state index contributed by atoms with van der Waals surface area (Å²) in [7, 11) is 1.30. The molecule has 2 heterocycles. The van der Waals surface area contributed by atoms with Gasteiger partial charge in [0.05, 0.1) is 24.9 Å². The molecule has 1 aromatic heterocycles. The smallest absolute Gasteiger partial charge is 0.343 e. The summed E-state index contributed by atoms with van der Waals surface area (Å²) in [4.78, 5) is 29.1. The number of nitrogens with zero attached hydrogens (tertiary/aromatic N) is 4. The number of nitrogens with one attached hydrogen (secondary N) is 1. The minimum Gasteiger partial charge on any atom is -0.482 e. The maximum Gasteiger partial charge on any atom is 0.343 e. The highest BCUT2D eigenvalue weighted by Crippen LogP contribution is 2.34. The molecule has 1 N–H and O–H groups in total. The quantitative estimate of drug-likeness (QED) is 0.519. The van der Waals surface area contributed by atoms with E-state index in [0.717, 1.165) is 16.8 Å². The van der Waals surface area contributed by atoms with Crippen LogP contribution < -0.4 is 10.1 Å². The first kappa shape index (κ1) is 23.4. The zero-order valence-corrected chi connectivity index (χ0v) is 19.8. The van der Waals surface area contributed by atoms with Crippen LogP contribution in [0.15, 0.2) is 47.5 Å². The van der Waals surface area contributed by atoms with Crippen LogP contribution in [0.4, 0.5) is 0 Å². The van der Waals surface area contributed by atoms with E-state index in [4.69, 9.17) is 21.3 Å². The Balaban J connectivity index is 1.88. The van der Waals surface area contributed by atoms with E-state index in [9.17, 15) is 9.59 Å². The van der Waals surface area contributed by atoms with Crippen LogP contribution in [0.25, 0.3) is 5.69 Å². The minimum atomic E-state index is -0.565. The maximum absolute atomic E-state index is 12.5. The summed E-state index contributed by atoms with van der Waals surface area (Å²) in [6, 6.07) is 12.2. The van der Waals surface area contributed by atoms with E-state index in [-0.39, 0.29) is 18.9 Å². The number of hydrogen-bond donors (Lipinski definition) is 1. The normalized spacial score (nSPS) is 14.4. The first-order valence-electron chi connectivity index (χ1n) is 10.8. The Morgan fingerprint density at radius 1 is 1.15 bits per heavy atom. The number of carbonyl (C=O) groups excluding carboxylic acids is 2. The highest BCUT2D eigenvalue weighted by molar-refractivity contribution is 6.30. The molecule has 0 spiro atoms. The predicted molar refractivity (Wildman–Crippen MR) is 127 cm³/mol. The van der Waals surface area contributed by atoms with E-state index in [1.54, 1.807) is 18.2 Å². The van der Waals surface area contributed by atoms with Gasteiger partial charge in [-0.05, 0) is 44.2 Å². The number of aryl methyl sites for hydroxylation is 1. The lowest BCUT2D eigenvalue weighted by Crippen LogP contribution is -2.25. The van der Waals surface area contributed by atoms with E-state index < -0.39 is 12.0 Å². The number of ether oxygens (including phenoxy) is 2. The first-order valence-corrected chi connectivity index (χ1v) is 11.2. The Morgan fingerprint density at radius 3 is 2.62 bits per heavy atom. The molecule has 0 bridgehead atoms. The monoisotopic (exact) mass is 481 g/mol. The van der Waals surface area contributed by atoms with Crippen LogP contribution in [0, 0.1) is 6.92 Å². The molecule has 3 aromatic rings. The highest BCUT2D eigenvalue weighted by atomic mass is 35.5. The molecule has 9 nitrogen and oxygen atoms in total. The minimum absolute atomic E-state index is 0.114. The van der Waals surface area contributed by atoms with Crippen molar-refractivity contribution in [2.24, 2.45) is 4.99 Å². The number of aliphatic imine (C=N–C) groups is 1. The van der Waals surface area contributed by atoms with E-state index in [2.05, 4.69) is 20.3 Å². The van der Waals surface area contributed by atoms with Crippen LogP contribution in [0.1, 0.15) is 42.2 Å². The van der Waals surface area contributed by atoms with Crippen molar-refractivity contribution in [3.63, 3.8) is 0 Å². The van der Waals surface area contributed by atoms with Gasteiger partial charge in [0.15, 0.2) is 12.4 Å². The molecule has 10 heteroatoms. The summed E-state index contributed by atoms with van der Waals surface area (Å²) in [6.45, 7) is 4.01. The number of carbonyl (C=O) groups is 2. The molecule has 0 radical (unpaired) electrons. The van der Waals surface area contributed by atoms with Crippen molar-refractivity contribution >= 4 is 29.2 Å². The van der Waals surface area contributed by atoms with Gasteiger partial charge in [-0.1, -0.05) is 23.7 Å². The van der Waals surface area contributed by atoms with Crippen molar-refractivity contribution in [1.82, 2.24) is 20.1 Å². The average molecular weight is 482 g/mol. The van der Waals surface area contributed by atoms with Crippen LogP contribution in [0.5, 0.6) is 5.75 Å². The number of esters is 1. The van der Waals surface area contributed by atoms with E-state index in [0.29, 0.717) is 34.7 Å². The summed E-state index contributed by atoms with van der Waals surface area (Å²) in [6.07, 6.45) is 0.114. The second-order valence-electron chi connectivity index (χ2n) is 7.64. The van der Waals surface area contributed by atoms with Gasteiger partial charge in [0.2, 0.25) is 5.91 Å². The number of fused-ring (bicyclic) bond motifs is 3. The van der Waals surface area contributed by atoms with Crippen LogP contribution in [0.2, 0.25) is 5.02 Å². The van der Waals surface area contributed by atoms with Crippen LogP contribution in [0.3, 0.4) is 0 Å². The second kappa shape index (κ2) is 10.0. The number of rotatable bonds is 7. The molecule has 176 valence electrons. The topological polar surface area (TPSA) is 108 Å². The van der Waals surface area contributed by atoms with E-state index in [1.165, 1.54) is 7.11 Å². The largest absolute Gasteiger partial charge is 0.482 e. The van der Waals surface area contributed by atoms with Crippen LogP contribution >= 0.6 is 11.6 Å². The number of methoxy groups -OCH3 is 1. The third kappa shape index (κ3) is 4.79. The van der Waals surface area contributed by atoms with Gasteiger partial charge in [-0.15, -0.1) is 10.2 Å². The molecule has 1 aliphatic rings. The Morgan fingerprint density at radius 2 is 1.91 bits per heavy atom. The summed E-state index contributed by atoms with van der Waals surface area (Å²) in [5.41, 5.74) is 2.99. The zero-order chi connectivity index (χ0) is 24.2. The molecule has 1 amide bonds. The fourth-order valence-corrected chi connectivity index (χ4v) is 3.91. The Bertz CT molecular complexity index is 1250. The van der Waals surface area contributed by atoms with Gasteiger partial charge in [-0.25, -0.2) is 4.79 Å². The molecular weight excluding hydrogens is 458 g/mol. The lowest BCUT2D eigenvalue weighted by Gasteiger charge is -2.14. The standard InChI is InChI=1S/C24H24ClN5O4/c1-4-26-21(31)12-19-24-29-28-14(2)30(24)20-10-9-17(34-13-22(32)33-3)11-18(20)23(27-19)15-5-7-16(25)8-6-15/h5-11,19H,4,12-13H2,1-3H3,(H,26,31). The fraction of sp³-hybridized carbons (Fsp3) is 0.292. The number of hydrogen-bond acceptors (Lipinski definition) is 7. The van der Waals surface area contributed by atoms with Gasteiger partial charge < -0.3 is 14.8 Å². The molecule has 34 heavy (non-hydrogen) atoms. The zero-order valence-electron chi connectivity index (χ0n) is 19.0. The summed E-state index contributed by atoms with van der Waals surface area (Å²) in [5, 5.41) is 12.0. The lowest BCUT2D eigenvalue weighted by molar-refractivity contribution is -0.142. The second-order valence-corrected chi connectivity index (χ2v) is 8.08. The Kier molecular flexibility index (Phi) is 6.93. The van der Waals surface area contributed by atoms with Gasteiger partial charge >= 0.3 is 5.97 Å². The van der Waals surface area contributed by atoms with Gasteiger partial charge in [-0.2, -0.15) is 0 Å². The van der Waals surface area contributed by atoms with Crippen LogP contribution in [-0.4, -0.2) is 52.6 Å². The first-order chi connectivity index (χ1) is 16.4. The van der Waals surface area contributed by atoms with Gasteiger partial charge in [0.1, 0.15) is 17.6 Å². The molecule has 1 aliphatic heterocycles. The molecule has 0 saturated carbocycles. The van der Waals surface area contributed by atoms with Crippen molar-refractivity contribution in [2.45, 2.75) is 26.3 Å². The van der Waals surface area contributed by atoms with Crippen LogP contribution in [-0.2, 0) is 14.3 Å². The summed E-state index contributed by atoms with van der Waals surface area (Å²) < 4.78 is 12.2. The van der Waals surface area contributed by atoms with Crippen molar-refractivity contribution in [2.75, 3.05) is 20.3 Å². The predicted octanol–water partition coefficient (Wildman–Crippen LogP) is 3.20. The van der Waals surface area contributed by atoms with Gasteiger partial charge in [-0.3, -0.25) is 14.4 Å².